The molecule has 4 atom stereocenters. The van der Waals surface area contributed by atoms with E-state index in [2.05, 4.69) is 13.8 Å². The van der Waals surface area contributed by atoms with Crippen molar-refractivity contribution in [3.05, 3.63) is 12.2 Å². The maximum absolute atomic E-state index is 12.7. The van der Waals surface area contributed by atoms with Gasteiger partial charge in [-0.1, -0.05) is 79.1 Å². The molecule has 0 spiro atoms. The average molecular weight is 601 g/mol. The molecule has 0 saturated carbocycles. The average Bonchev–Trinajstić information content (AvgIpc) is 2.99. The lowest BCUT2D eigenvalue weighted by atomic mass is 9.93. The number of carbonyl (C=O) groups excluding carboxylic acids is 4. The minimum Gasteiger partial charge on any atom is -0.463 e. The van der Waals surface area contributed by atoms with Gasteiger partial charge in [0, 0.05) is 52.4 Å². The van der Waals surface area contributed by atoms with Crippen LogP contribution in [0, 0.1) is 11.8 Å². The van der Waals surface area contributed by atoms with Crippen LogP contribution in [0.25, 0.3) is 0 Å². The van der Waals surface area contributed by atoms with E-state index in [4.69, 9.17) is 28.4 Å². The molecule has 0 aromatic rings. The Labute approximate surface area is 253 Å². The van der Waals surface area contributed by atoms with Gasteiger partial charge < -0.3 is 28.4 Å². The Bertz CT molecular complexity index is 704. The third kappa shape index (κ3) is 19.6. The standard InChI is InChI=1S/C32H56O10/c1-7-11-15-25(9-3)23-27(31(35)39-21-13-19-37-5)41-29(33)17-18-30(34)42-28(24-26(10-4)16-12-8-2)32(36)40-22-14-20-38-6/h17-18,25-28H,7-16,19-24H2,1-6H3/b18-17+. The molecule has 0 saturated heterocycles. The van der Waals surface area contributed by atoms with Gasteiger partial charge in [0.05, 0.1) is 13.2 Å². The number of methoxy groups -OCH3 is 2. The Morgan fingerprint density at radius 3 is 1.26 bits per heavy atom. The van der Waals surface area contributed by atoms with Crippen molar-refractivity contribution in [2.24, 2.45) is 11.8 Å². The minimum atomic E-state index is -1.10. The first-order chi connectivity index (χ1) is 20.3. The van der Waals surface area contributed by atoms with Crippen molar-refractivity contribution < 1.29 is 47.6 Å². The van der Waals surface area contributed by atoms with Crippen LogP contribution in [-0.2, 0) is 47.6 Å². The summed E-state index contributed by atoms with van der Waals surface area (Å²) in [5, 5.41) is 0. The third-order valence-corrected chi connectivity index (χ3v) is 7.05. The van der Waals surface area contributed by atoms with Crippen molar-refractivity contribution in [2.45, 2.75) is 117 Å². The first kappa shape index (κ1) is 39.5. The molecule has 0 rings (SSSR count). The molecule has 0 radical (unpaired) electrons. The summed E-state index contributed by atoms with van der Waals surface area (Å²) in [5.41, 5.74) is 0. The van der Waals surface area contributed by atoms with Gasteiger partial charge in [0.25, 0.3) is 0 Å². The Morgan fingerprint density at radius 1 is 0.571 bits per heavy atom. The highest BCUT2D eigenvalue weighted by Gasteiger charge is 2.29. The van der Waals surface area contributed by atoms with Crippen LogP contribution in [0.4, 0.5) is 0 Å². The van der Waals surface area contributed by atoms with Crippen molar-refractivity contribution >= 4 is 23.9 Å². The molecule has 0 aromatic heterocycles. The zero-order chi connectivity index (χ0) is 31.6. The summed E-state index contributed by atoms with van der Waals surface area (Å²) in [6.07, 6.45) is 8.84. The number of carbonyl (C=O) groups is 4. The quantitative estimate of drug-likeness (QED) is 0.0525. The number of hydrogen-bond acceptors (Lipinski definition) is 10. The van der Waals surface area contributed by atoms with Crippen LogP contribution in [0.5, 0.6) is 0 Å². The Morgan fingerprint density at radius 2 is 0.952 bits per heavy atom. The molecule has 42 heavy (non-hydrogen) atoms. The highest BCUT2D eigenvalue weighted by atomic mass is 16.6. The van der Waals surface area contributed by atoms with E-state index in [1.807, 2.05) is 13.8 Å². The van der Waals surface area contributed by atoms with Gasteiger partial charge in [-0.05, 0) is 24.7 Å². The van der Waals surface area contributed by atoms with Gasteiger partial charge in [0.1, 0.15) is 0 Å². The second-order valence-electron chi connectivity index (χ2n) is 10.5. The number of unbranched alkanes of at least 4 members (excludes halogenated alkanes) is 2. The van der Waals surface area contributed by atoms with Crippen molar-refractivity contribution in [3.63, 3.8) is 0 Å². The fourth-order valence-electron chi connectivity index (χ4n) is 4.39. The van der Waals surface area contributed by atoms with Crippen molar-refractivity contribution in [1.82, 2.24) is 0 Å². The molecule has 0 aliphatic carbocycles. The van der Waals surface area contributed by atoms with Gasteiger partial charge in [-0.15, -0.1) is 0 Å². The maximum Gasteiger partial charge on any atom is 0.347 e. The Hall–Kier alpha value is -2.46. The Kier molecular flexibility index (Phi) is 24.7. The highest BCUT2D eigenvalue weighted by molar-refractivity contribution is 5.93. The topological polar surface area (TPSA) is 124 Å². The maximum atomic E-state index is 12.7. The fraction of sp³-hybridized carbons (Fsp3) is 0.812. The van der Waals surface area contributed by atoms with Crippen molar-refractivity contribution in [2.75, 3.05) is 40.6 Å². The number of rotatable bonds is 26. The van der Waals surface area contributed by atoms with Gasteiger partial charge in [-0.3, -0.25) is 0 Å². The highest BCUT2D eigenvalue weighted by Crippen LogP contribution is 2.22. The molecule has 0 aromatic carbocycles. The minimum absolute atomic E-state index is 0.147. The summed E-state index contributed by atoms with van der Waals surface area (Å²) in [5.74, 6) is -2.64. The summed E-state index contributed by atoms with van der Waals surface area (Å²) in [4.78, 5) is 50.8. The summed E-state index contributed by atoms with van der Waals surface area (Å²) in [6.45, 7) is 9.43. The molecular formula is C32H56O10. The lowest BCUT2D eigenvalue weighted by molar-refractivity contribution is -0.167. The van der Waals surface area contributed by atoms with E-state index in [9.17, 15) is 19.2 Å². The summed E-state index contributed by atoms with van der Waals surface area (Å²) in [6, 6.07) is 0. The van der Waals surface area contributed by atoms with Crippen LogP contribution in [0.2, 0.25) is 0 Å². The predicted molar refractivity (Wildman–Crippen MR) is 160 cm³/mol. The smallest absolute Gasteiger partial charge is 0.347 e. The molecule has 0 fully saturated rings. The molecule has 0 aliphatic rings. The number of esters is 4. The fourth-order valence-corrected chi connectivity index (χ4v) is 4.39. The van der Waals surface area contributed by atoms with E-state index >= 15 is 0 Å². The molecule has 4 unspecified atom stereocenters. The van der Waals surface area contributed by atoms with Crippen LogP contribution in [0.3, 0.4) is 0 Å². The molecular weight excluding hydrogens is 544 g/mol. The van der Waals surface area contributed by atoms with E-state index in [0.29, 0.717) is 38.9 Å². The van der Waals surface area contributed by atoms with E-state index < -0.39 is 36.1 Å². The van der Waals surface area contributed by atoms with Crippen molar-refractivity contribution in [3.8, 4) is 0 Å². The lowest BCUT2D eigenvalue weighted by Crippen LogP contribution is -2.32. The van der Waals surface area contributed by atoms with Crippen LogP contribution in [0.1, 0.15) is 105 Å². The molecule has 0 aliphatic heterocycles. The van der Waals surface area contributed by atoms with Crippen LogP contribution < -0.4 is 0 Å². The lowest BCUT2D eigenvalue weighted by Gasteiger charge is -2.22. The molecule has 0 heterocycles. The molecule has 0 N–H and O–H groups in total. The summed E-state index contributed by atoms with van der Waals surface area (Å²) < 4.78 is 31.5. The molecule has 10 heteroatoms. The van der Waals surface area contributed by atoms with Gasteiger partial charge in [0.15, 0.2) is 12.2 Å². The summed E-state index contributed by atoms with van der Waals surface area (Å²) in [7, 11) is 3.12. The van der Waals surface area contributed by atoms with Gasteiger partial charge in [-0.25, -0.2) is 19.2 Å². The van der Waals surface area contributed by atoms with Crippen LogP contribution in [-0.4, -0.2) is 76.7 Å². The Balaban J connectivity index is 5.40. The van der Waals surface area contributed by atoms with Gasteiger partial charge in [-0.2, -0.15) is 0 Å². The predicted octanol–water partition coefficient (Wildman–Crippen LogP) is 5.74. The van der Waals surface area contributed by atoms with E-state index in [0.717, 1.165) is 63.5 Å². The number of ether oxygens (including phenoxy) is 6. The zero-order valence-electron chi connectivity index (χ0n) is 26.9. The van der Waals surface area contributed by atoms with Crippen molar-refractivity contribution in [1.29, 1.82) is 0 Å². The molecule has 0 amide bonds. The van der Waals surface area contributed by atoms with Crippen LogP contribution >= 0.6 is 0 Å². The first-order valence-corrected chi connectivity index (χ1v) is 15.7. The van der Waals surface area contributed by atoms with E-state index in [1.54, 1.807) is 14.2 Å². The van der Waals surface area contributed by atoms with Gasteiger partial charge >= 0.3 is 23.9 Å². The largest absolute Gasteiger partial charge is 0.463 e. The first-order valence-electron chi connectivity index (χ1n) is 15.7. The van der Waals surface area contributed by atoms with Crippen LogP contribution in [0.15, 0.2) is 12.2 Å². The number of hydrogen-bond donors (Lipinski definition) is 0. The second kappa shape index (κ2) is 26.2. The molecule has 10 nitrogen and oxygen atoms in total. The second-order valence-corrected chi connectivity index (χ2v) is 10.5. The van der Waals surface area contributed by atoms with Gasteiger partial charge in [0.2, 0.25) is 0 Å². The zero-order valence-corrected chi connectivity index (χ0v) is 26.9. The monoisotopic (exact) mass is 600 g/mol. The summed E-state index contributed by atoms with van der Waals surface area (Å²) >= 11 is 0. The molecule has 0 bridgehead atoms. The third-order valence-electron chi connectivity index (χ3n) is 7.05. The molecule has 244 valence electrons. The van der Waals surface area contributed by atoms with E-state index in [-0.39, 0.29) is 25.0 Å². The SMILES string of the molecule is CCCCC(CC)CC(OC(=O)/C=C/C(=O)OC(CC(CC)CCCC)C(=O)OCCCOC)C(=O)OCCCOC. The normalized spacial score (nSPS) is 14.1. The van der Waals surface area contributed by atoms with E-state index in [1.165, 1.54) is 0 Å².